The summed E-state index contributed by atoms with van der Waals surface area (Å²) in [5.74, 6) is 0.332. The highest BCUT2D eigenvalue weighted by molar-refractivity contribution is 5.99. The van der Waals surface area contributed by atoms with Gasteiger partial charge in [-0.25, -0.2) is 4.39 Å². The molecule has 0 aliphatic carbocycles. The molecule has 3 nitrogen and oxygen atoms in total. The summed E-state index contributed by atoms with van der Waals surface area (Å²) in [5, 5.41) is 3.03. The number of nitrogens with one attached hydrogen (secondary N) is 1. The molecule has 0 aliphatic heterocycles. The minimum absolute atomic E-state index is 0.0871. The Hall–Kier alpha value is -2.36. The summed E-state index contributed by atoms with van der Waals surface area (Å²) in [4.78, 5) is 12.0. The van der Waals surface area contributed by atoms with Crippen LogP contribution in [0.25, 0.3) is 0 Å². The summed E-state index contributed by atoms with van der Waals surface area (Å²) in [7, 11) is 1.59. The fraction of sp³-hybridized carbons (Fsp3) is 0.188. The molecule has 0 aromatic heterocycles. The van der Waals surface area contributed by atoms with E-state index in [0.717, 1.165) is 11.4 Å². The lowest BCUT2D eigenvalue weighted by Crippen LogP contribution is -2.14. The number of rotatable bonds is 5. The summed E-state index contributed by atoms with van der Waals surface area (Å²) < 4.78 is 18.3. The van der Waals surface area contributed by atoms with Gasteiger partial charge in [-0.1, -0.05) is 6.07 Å². The first-order valence-corrected chi connectivity index (χ1v) is 6.27. The highest BCUT2D eigenvalue weighted by atomic mass is 19.1. The van der Waals surface area contributed by atoms with Crippen LogP contribution in [0.2, 0.25) is 0 Å². The summed E-state index contributed by atoms with van der Waals surface area (Å²) >= 11 is 0. The number of benzene rings is 2. The molecule has 0 radical (unpaired) electrons. The Morgan fingerprint density at radius 2 is 2.05 bits per heavy atom. The molecular formula is C16H16FNO2. The molecule has 0 bridgehead atoms. The van der Waals surface area contributed by atoms with Crippen LogP contribution in [-0.2, 0) is 0 Å². The molecule has 2 rings (SSSR count). The minimum Gasteiger partial charge on any atom is -0.497 e. The molecule has 0 amide bonds. The summed E-state index contributed by atoms with van der Waals surface area (Å²) in [6.45, 7) is 1.79. The van der Waals surface area contributed by atoms with Crippen molar-refractivity contribution in [1.29, 1.82) is 0 Å². The van der Waals surface area contributed by atoms with Crippen molar-refractivity contribution in [2.75, 3.05) is 19.0 Å². The van der Waals surface area contributed by atoms with E-state index in [2.05, 4.69) is 5.32 Å². The van der Waals surface area contributed by atoms with Gasteiger partial charge in [0.05, 0.1) is 13.7 Å². The molecule has 0 saturated heterocycles. The van der Waals surface area contributed by atoms with Crippen LogP contribution in [0.5, 0.6) is 5.75 Å². The van der Waals surface area contributed by atoms with Crippen molar-refractivity contribution < 1.29 is 13.9 Å². The van der Waals surface area contributed by atoms with Gasteiger partial charge in [0, 0.05) is 17.3 Å². The number of hydrogen-bond acceptors (Lipinski definition) is 3. The van der Waals surface area contributed by atoms with Crippen LogP contribution in [-0.4, -0.2) is 19.4 Å². The van der Waals surface area contributed by atoms with Gasteiger partial charge in [0.15, 0.2) is 5.78 Å². The maximum Gasteiger partial charge on any atom is 0.181 e. The summed E-state index contributed by atoms with van der Waals surface area (Å²) in [6, 6.07) is 11.7. The molecule has 0 heterocycles. The Morgan fingerprint density at radius 1 is 1.25 bits per heavy atom. The number of ketones is 1. The van der Waals surface area contributed by atoms with E-state index in [-0.39, 0.29) is 18.1 Å². The predicted molar refractivity (Wildman–Crippen MR) is 77.0 cm³/mol. The second-order valence-electron chi connectivity index (χ2n) is 4.47. The van der Waals surface area contributed by atoms with Crippen LogP contribution in [0, 0.1) is 12.7 Å². The fourth-order valence-corrected chi connectivity index (χ4v) is 1.84. The van der Waals surface area contributed by atoms with Gasteiger partial charge in [-0.05, 0) is 42.8 Å². The Bertz CT molecular complexity index is 626. The first kappa shape index (κ1) is 14.1. The van der Waals surface area contributed by atoms with Crippen molar-refractivity contribution in [1.82, 2.24) is 0 Å². The third kappa shape index (κ3) is 3.35. The van der Waals surface area contributed by atoms with Gasteiger partial charge in [-0.2, -0.15) is 0 Å². The standard InChI is InChI=1S/C16H16FNO2/c1-11-8-12(6-7-15(11)17)16(19)10-18-13-4-3-5-14(9-13)20-2/h3-9,18H,10H2,1-2H3. The van der Waals surface area contributed by atoms with Crippen LogP contribution in [0.3, 0.4) is 0 Å². The topological polar surface area (TPSA) is 38.3 Å². The lowest BCUT2D eigenvalue weighted by atomic mass is 10.1. The molecule has 2 aromatic carbocycles. The van der Waals surface area contributed by atoms with Gasteiger partial charge in [0.2, 0.25) is 0 Å². The molecule has 0 unspecified atom stereocenters. The number of carbonyl (C=O) groups is 1. The lowest BCUT2D eigenvalue weighted by molar-refractivity contribution is 0.101. The molecule has 104 valence electrons. The van der Waals surface area contributed by atoms with Crippen LogP contribution in [0.15, 0.2) is 42.5 Å². The van der Waals surface area contributed by atoms with Gasteiger partial charge in [0.1, 0.15) is 11.6 Å². The smallest absolute Gasteiger partial charge is 0.181 e. The van der Waals surface area contributed by atoms with E-state index in [1.54, 1.807) is 20.1 Å². The molecule has 20 heavy (non-hydrogen) atoms. The number of carbonyl (C=O) groups excluding carboxylic acids is 1. The Labute approximate surface area is 117 Å². The van der Waals surface area contributed by atoms with Crippen LogP contribution in [0.4, 0.5) is 10.1 Å². The van der Waals surface area contributed by atoms with Crippen LogP contribution >= 0.6 is 0 Å². The number of anilines is 1. The zero-order valence-corrected chi connectivity index (χ0v) is 11.4. The average molecular weight is 273 g/mol. The number of Topliss-reactive ketones (excluding diaryl/α,β-unsaturated/α-hetero) is 1. The Morgan fingerprint density at radius 3 is 2.75 bits per heavy atom. The minimum atomic E-state index is -0.303. The number of ether oxygens (including phenoxy) is 1. The van der Waals surface area contributed by atoms with Crippen molar-refractivity contribution in [3.63, 3.8) is 0 Å². The average Bonchev–Trinajstić information content (AvgIpc) is 2.47. The fourth-order valence-electron chi connectivity index (χ4n) is 1.84. The molecule has 1 N–H and O–H groups in total. The second-order valence-corrected chi connectivity index (χ2v) is 4.47. The van der Waals surface area contributed by atoms with E-state index in [4.69, 9.17) is 4.74 Å². The molecule has 2 aromatic rings. The predicted octanol–water partition coefficient (Wildman–Crippen LogP) is 3.44. The number of hydrogen-bond donors (Lipinski definition) is 1. The van der Waals surface area contributed by atoms with Crippen molar-refractivity contribution >= 4 is 11.5 Å². The zero-order valence-electron chi connectivity index (χ0n) is 11.4. The van der Waals surface area contributed by atoms with E-state index >= 15 is 0 Å². The molecule has 4 heteroatoms. The monoisotopic (exact) mass is 273 g/mol. The maximum absolute atomic E-state index is 13.2. The molecule has 0 spiro atoms. The number of methoxy groups -OCH3 is 1. The van der Waals surface area contributed by atoms with Gasteiger partial charge >= 0.3 is 0 Å². The lowest BCUT2D eigenvalue weighted by Gasteiger charge is -2.08. The van der Waals surface area contributed by atoms with Gasteiger partial charge in [-0.3, -0.25) is 4.79 Å². The van der Waals surface area contributed by atoms with Crippen molar-refractivity contribution in [2.24, 2.45) is 0 Å². The summed E-state index contributed by atoms with van der Waals surface area (Å²) in [6.07, 6.45) is 0. The second kappa shape index (κ2) is 6.19. The molecule has 0 aliphatic rings. The normalized spacial score (nSPS) is 10.2. The van der Waals surface area contributed by atoms with E-state index in [9.17, 15) is 9.18 Å². The van der Waals surface area contributed by atoms with E-state index in [1.807, 2.05) is 24.3 Å². The van der Waals surface area contributed by atoms with Gasteiger partial charge in [-0.15, -0.1) is 0 Å². The van der Waals surface area contributed by atoms with Crippen molar-refractivity contribution in [3.05, 3.63) is 59.4 Å². The zero-order chi connectivity index (χ0) is 14.5. The molecule has 0 atom stereocenters. The Kier molecular flexibility index (Phi) is 4.35. The number of aryl methyl sites for hydroxylation is 1. The van der Waals surface area contributed by atoms with Gasteiger partial charge in [0.25, 0.3) is 0 Å². The highest BCUT2D eigenvalue weighted by Gasteiger charge is 2.08. The SMILES string of the molecule is COc1cccc(NCC(=O)c2ccc(F)c(C)c2)c1. The van der Waals surface area contributed by atoms with E-state index in [1.165, 1.54) is 12.1 Å². The highest BCUT2D eigenvalue weighted by Crippen LogP contribution is 2.17. The van der Waals surface area contributed by atoms with Crippen molar-refractivity contribution in [3.8, 4) is 5.75 Å². The molecule has 0 fully saturated rings. The summed E-state index contributed by atoms with van der Waals surface area (Å²) in [5.41, 5.74) is 1.77. The Balaban J connectivity index is 2.02. The van der Waals surface area contributed by atoms with Crippen LogP contribution < -0.4 is 10.1 Å². The maximum atomic E-state index is 13.2. The first-order valence-electron chi connectivity index (χ1n) is 6.27. The quantitative estimate of drug-likeness (QED) is 0.848. The third-order valence-corrected chi connectivity index (χ3v) is 3.00. The first-order chi connectivity index (χ1) is 9.60. The largest absolute Gasteiger partial charge is 0.497 e. The van der Waals surface area contributed by atoms with E-state index < -0.39 is 0 Å². The number of halogens is 1. The van der Waals surface area contributed by atoms with Crippen LogP contribution in [0.1, 0.15) is 15.9 Å². The molecular weight excluding hydrogens is 257 g/mol. The van der Waals surface area contributed by atoms with E-state index in [0.29, 0.717) is 11.1 Å². The van der Waals surface area contributed by atoms with Crippen molar-refractivity contribution in [2.45, 2.75) is 6.92 Å². The molecule has 0 saturated carbocycles. The third-order valence-electron chi connectivity index (χ3n) is 3.00. The van der Waals surface area contributed by atoms with Gasteiger partial charge < -0.3 is 10.1 Å².